The van der Waals surface area contributed by atoms with E-state index in [-0.39, 0.29) is 24.7 Å². The Hall–Kier alpha value is -2.45. The van der Waals surface area contributed by atoms with Crippen molar-refractivity contribution in [3.05, 3.63) is 36.2 Å². The maximum absolute atomic E-state index is 13.6. The minimum atomic E-state index is -4.48. The predicted octanol–water partition coefficient (Wildman–Crippen LogP) is -0.554. The first-order valence-electron chi connectivity index (χ1n) is 8.33. The lowest BCUT2D eigenvalue weighted by Crippen LogP contribution is -2.57. The van der Waals surface area contributed by atoms with Crippen LogP contribution in [-0.4, -0.2) is 67.3 Å². The first kappa shape index (κ1) is 21.3. The molecular weight excluding hydrogens is 432 g/mol. The molecule has 0 bridgehead atoms. The van der Waals surface area contributed by atoms with Gasteiger partial charge < -0.3 is 9.47 Å². The molecule has 1 N–H and O–H groups in total. The molecule has 1 amide bonds. The summed E-state index contributed by atoms with van der Waals surface area (Å²) in [7, 11) is -6.74. The van der Waals surface area contributed by atoms with Crippen molar-refractivity contribution in [3.8, 4) is 0 Å². The van der Waals surface area contributed by atoms with Gasteiger partial charge in [-0.1, -0.05) is 6.07 Å². The number of rotatable bonds is 7. The lowest BCUT2D eigenvalue weighted by molar-refractivity contribution is -0.134. The van der Waals surface area contributed by atoms with Gasteiger partial charge >= 0.3 is 0 Å². The Morgan fingerprint density at radius 2 is 1.83 bits per heavy atom. The molecule has 1 fully saturated rings. The van der Waals surface area contributed by atoms with Crippen LogP contribution in [0.5, 0.6) is 0 Å². The largest absolute Gasteiger partial charge is 0.340 e. The van der Waals surface area contributed by atoms with Gasteiger partial charge in [0.1, 0.15) is 23.2 Å². The number of sulfonamides is 1. The highest BCUT2D eigenvalue weighted by Crippen LogP contribution is 2.23. The predicted molar refractivity (Wildman–Crippen MR) is 94.7 cm³/mol. The van der Waals surface area contributed by atoms with E-state index >= 15 is 0 Å². The first-order chi connectivity index (χ1) is 13.5. The van der Waals surface area contributed by atoms with E-state index in [1.54, 1.807) is 0 Å². The van der Waals surface area contributed by atoms with Gasteiger partial charge in [0.2, 0.25) is 30.9 Å². The van der Waals surface area contributed by atoms with Crippen molar-refractivity contribution in [2.75, 3.05) is 19.6 Å². The van der Waals surface area contributed by atoms with Crippen LogP contribution in [0.25, 0.3) is 0 Å². The zero-order valence-electron chi connectivity index (χ0n) is 15.1. The van der Waals surface area contributed by atoms with Crippen molar-refractivity contribution < 1.29 is 30.4 Å². The van der Waals surface area contributed by atoms with E-state index in [1.807, 2.05) is 4.72 Å². The van der Waals surface area contributed by atoms with Crippen molar-refractivity contribution >= 4 is 25.8 Å². The molecule has 1 aromatic carbocycles. The second kappa shape index (κ2) is 7.76. The Bertz CT molecular complexity index is 1120. The van der Waals surface area contributed by atoms with Gasteiger partial charge in [0, 0.05) is 33.1 Å². The molecule has 14 heteroatoms. The van der Waals surface area contributed by atoms with Gasteiger partial charge in [-0.05, 0) is 12.1 Å². The minimum Gasteiger partial charge on any atom is -0.340 e. The third kappa shape index (κ3) is 4.13. The van der Waals surface area contributed by atoms with Gasteiger partial charge in [-0.15, -0.1) is 10.2 Å². The van der Waals surface area contributed by atoms with Crippen LogP contribution in [0.3, 0.4) is 0 Å². The molecule has 10 nitrogen and oxygen atoms in total. The van der Waals surface area contributed by atoms with Gasteiger partial charge in [-0.2, -0.15) is 0 Å². The normalized spacial score (nSPS) is 15.3. The number of amides is 1. The van der Waals surface area contributed by atoms with Crippen molar-refractivity contribution in [2.24, 2.45) is 7.05 Å². The number of nitrogens with one attached hydrogen (secondary N) is 1. The number of sulfone groups is 1. The van der Waals surface area contributed by atoms with Gasteiger partial charge in [0.05, 0.1) is 0 Å². The van der Waals surface area contributed by atoms with Crippen molar-refractivity contribution in [1.29, 1.82) is 0 Å². The maximum atomic E-state index is 13.6. The summed E-state index contributed by atoms with van der Waals surface area (Å²) in [6.07, 6.45) is 0.949. The first-order valence-corrected chi connectivity index (χ1v) is 11.4. The summed E-state index contributed by atoms with van der Waals surface area (Å²) in [6.45, 7) is -0.530. The van der Waals surface area contributed by atoms with Crippen LogP contribution in [0, 0.1) is 11.6 Å². The highest BCUT2D eigenvalue weighted by Gasteiger charge is 2.42. The lowest BCUT2D eigenvalue weighted by Gasteiger charge is -2.38. The number of hydrogen-bond donors (Lipinski definition) is 1. The molecule has 0 spiro atoms. The van der Waals surface area contributed by atoms with Crippen LogP contribution in [0.1, 0.15) is 6.42 Å². The van der Waals surface area contributed by atoms with E-state index < -0.39 is 54.1 Å². The molecule has 0 radical (unpaired) electrons. The SMILES string of the molecule is Cn1cnnc1S(=O)(=O)C1CN(C(=O)CCNS(=O)(=O)c2c(F)cccc2F)C1. The van der Waals surface area contributed by atoms with Crippen LogP contribution in [0.4, 0.5) is 8.78 Å². The smallest absolute Gasteiger partial charge is 0.249 e. The molecule has 0 atom stereocenters. The van der Waals surface area contributed by atoms with Gasteiger partial charge in [-0.3, -0.25) is 4.79 Å². The van der Waals surface area contributed by atoms with E-state index in [0.717, 1.165) is 18.2 Å². The van der Waals surface area contributed by atoms with Gasteiger partial charge in [0.15, 0.2) is 4.90 Å². The summed E-state index contributed by atoms with van der Waals surface area (Å²) in [6, 6.07) is 2.64. The number of halogens is 2. The minimum absolute atomic E-state index is 0.0667. The fourth-order valence-electron chi connectivity index (χ4n) is 2.78. The zero-order chi connectivity index (χ0) is 21.4. The Balaban J connectivity index is 1.54. The van der Waals surface area contributed by atoms with Crippen molar-refractivity contribution in [2.45, 2.75) is 21.7 Å². The maximum Gasteiger partial charge on any atom is 0.249 e. The van der Waals surface area contributed by atoms with E-state index in [9.17, 15) is 30.4 Å². The summed E-state index contributed by atoms with van der Waals surface area (Å²) in [5, 5.41) is 6.05. The third-order valence-corrected chi connectivity index (χ3v) is 7.95. The average molecular weight is 449 g/mol. The molecule has 2 heterocycles. The molecule has 1 aliphatic heterocycles. The number of carbonyl (C=O) groups excluding carboxylic acids is 1. The standard InChI is InChI=1S/C15H17F2N5O5S2/c1-21-9-18-20-15(21)28(24,25)10-7-22(8-10)13(23)5-6-19-29(26,27)14-11(16)3-2-4-12(14)17/h2-4,9-10,19H,5-8H2,1H3. The number of hydrogen-bond acceptors (Lipinski definition) is 7. The van der Waals surface area contributed by atoms with E-state index in [4.69, 9.17) is 0 Å². The second-order valence-electron chi connectivity index (χ2n) is 6.39. The summed E-state index contributed by atoms with van der Waals surface area (Å²) in [4.78, 5) is 12.2. The van der Waals surface area contributed by atoms with Crippen molar-refractivity contribution in [1.82, 2.24) is 24.4 Å². The number of aromatic nitrogens is 3. The molecule has 0 aliphatic carbocycles. The van der Waals surface area contributed by atoms with Crippen LogP contribution in [0.15, 0.2) is 34.6 Å². The Morgan fingerprint density at radius 1 is 1.21 bits per heavy atom. The van der Waals surface area contributed by atoms with Crippen LogP contribution < -0.4 is 4.72 Å². The fraction of sp³-hybridized carbons (Fsp3) is 0.400. The van der Waals surface area contributed by atoms with Gasteiger partial charge in [-0.25, -0.2) is 30.3 Å². The Kier molecular flexibility index (Phi) is 5.69. The number of aryl methyl sites for hydroxylation is 1. The summed E-state index contributed by atoms with van der Waals surface area (Å²) in [5.74, 6) is -2.99. The van der Waals surface area contributed by atoms with Crippen LogP contribution >= 0.6 is 0 Å². The number of carbonyl (C=O) groups is 1. The van der Waals surface area contributed by atoms with Crippen molar-refractivity contribution in [3.63, 3.8) is 0 Å². The number of benzene rings is 1. The topological polar surface area (TPSA) is 131 Å². The summed E-state index contributed by atoms with van der Waals surface area (Å²) in [5.41, 5.74) is 0. The quantitative estimate of drug-likeness (QED) is 0.600. The van der Waals surface area contributed by atoms with Crippen LogP contribution in [0.2, 0.25) is 0 Å². The molecule has 3 rings (SSSR count). The zero-order valence-corrected chi connectivity index (χ0v) is 16.8. The van der Waals surface area contributed by atoms with E-state index in [2.05, 4.69) is 10.2 Å². The monoisotopic (exact) mass is 449 g/mol. The lowest BCUT2D eigenvalue weighted by atomic mass is 10.2. The highest BCUT2D eigenvalue weighted by molar-refractivity contribution is 7.92. The molecule has 158 valence electrons. The van der Waals surface area contributed by atoms with E-state index in [0.29, 0.717) is 0 Å². The Labute approximate surface area is 165 Å². The second-order valence-corrected chi connectivity index (χ2v) is 10.2. The summed E-state index contributed by atoms with van der Waals surface area (Å²) < 4.78 is 79.4. The average Bonchev–Trinajstić information content (AvgIpc) is 2.99. The van der Waals surface area contributed by atoms with E-state index in [1.165, 1.54) is 22.8 Å². The number of likely N-dealkylation sites (tertiary alicyclic amines) is 1. The molecule has 29 heavy (non-hydrogen) atoms. The number of nitrogens with zero attached hydrogens (tertiary/aromatic N) is 4. The third-order valence-electron chi connectivity index (χ3n) is 4.38. The summed E-state index contributed by atoms with van der Waals surface area (Å²) >= 11 is 0. The molecular formula is C15H17F2N5O5S2. The molecule has 1 saturated heterocycles. The molecule has 0 unspecified atom stereocenters. The molecule has 1 aromatic heterocycles. The van der Waals surface area contributed by atoms with Crippen LogP contribution in [-0.2, 0) is 31.7 Å². The van der Waals surface area contributed by atoms with Gasteiger partial charge in [0.25, 0.3) is 0 Å². The fourth-order valence-corrected chi connectivity index (χ4v) is 5.60. The molecule has 2 aromatic rings. The highest BCUT2D eigenvalue weighted by atomic mass is 32.2. The molecule has 0 saturated carbocycles. The molecule has 1 aliphatic rings. The Morgan fingerprint density at radius 3 is 2.38 bits per heavy atom.